The molecule has 0 bridgehead atoms. The van der Waals surface area contributed by atoms with E-state index in [-0.39, 0.29) is 5.41 Å². The number of ether oxygens (including phenoxy) is 1. The van der Waals surface area contributed by atoms with Crippen LogP contribution in [0.2, 0.25) is 0 Å². The molecule has 2 heterocycles. The Kier molecular flexibility index (Phi) is 4.32. The van der Waals surface area contributed by atoms with E-state index in [0.717, 1.165) is 28.4 Å². The molecule has 148 valence electrons. The normalized spacial score (nSPS) is 11.8. The van der Waals surface area contributed by atoms with Gasteiger partial charge < -0.3 is 4.74 Å². The summed E-state index contributed by atoms with van der Waals surface area (Å²) in [4.78, 5) is 4.73. The van der Waals surface area contributed by atoms with Crippen molar-refractivity contribution in [3.05, 3.63) is 96.7 Å². The minimum Gasteiger partial charge on any atom is -0.457 e. The van der Waals surface area contributed by atoms with E-state index in [1.54, 1.807) is 0 Å². The lowest BCUT2D eigenvalue weighted by atomic mass is 9.88. The number of rotatable bonds is 3. The number of hydrogen-bond acceptors (Lipinski definition) is 2. The van der Waals surface area contributed by atoms with Gasteiger partial charge in [0.25, 0.3) is 0 Å². The molecule has 30 heavy (non-hydrogen) atoms. The average molecular weight is 393 g/mol. The maximum absolute atomic E-state index is 6.12. The molecule has 0 aliphatic heterocycles. The minimum atomic E-state index is 0.0536. The minimum absolute atomic E-state index is 0.0536. The third kappa shape index (κ3) is 3.22. The molecule has 0 fully saturated rings. The van der Waals surface area contributed by atoms with Crippen LogP contribution in [0.3, 0.4) is 0 Å². The first kappa shape index (κ1) is 18.4. The van der Waals surface area contributed by atoms with Crippen molar-refractivity contribution in [1.29, 1.82) is 0 Å². The average Bonchev–Trinajstić information content (AvgIpc) is 3.07. The molecule has 0 saturated carbocycles. The van der Waals surface area contributed by atoms with E-state index in [9.17, 15) is 0 Å². The fraction of sp³-hybridized carbons (Fsp3) is 0.148. The zero-order valence-corrected chi connectivity index (χ0v) is 17.5. The Morgan fingerprint density at radius 1 is 0.700 bits per heavy atom. The summed E-state index contributed by atoms with van der Waals surface area (Å²) in [6.07, 6.45) is 1.90. The molecule has 3 aromatic carbocycles. The van der Waals surface area contributed by atoms with Gasteiger partial charge in [0, 0.05) is 23.0 Å². The molecule has 0 saturated heterocycles. The van der Waals surface area contributed by atoms with E-state index >= 15 is 0 Å². The third-order valence-electron chi connectivity index (χ3n) is 5.46. The zero-order chi connectivity index (χ0) is 20.7. The second-order valence-corrected chi connectivity index (χ2v) is 8.60. The summed E-state index contributed by atoms with van der Waals surface area (Å²) in [5.41, 5.74) is 3.54. The lowest BCUT2D eigenvalue weighted by Crippen LogP contribution is -2.12. The van der Waals surface area contributed by atoms with E-state index in [0.29, 0.717) is 0 Å². The Balaban J connectivity index is 1.74. The van der Waals surface area contributed by atoms with Crippen molar-refractivity contribution < 1.29 is 4.74 Å². The summed E-state index contributed by atoms with van der Waals surface area (Å²) in [5, 5.41) is 2.40. The number of fused-ring (bicyclic) bond motifs is 3. The number of pyridine rings is 1. The zero-order valence-electron chi connectivity index (χ0n) is 17.5. The summed E-state index contributed by atoms with van der Waals surface area (Å²) in [7, 11) is 0. The van der Waals surface area contributed by atoms with Crippen LogP contribution in [0, 0.1) is 0 Å². The van der Waals surface area contributed by atoms with E-state index in [4.69, 9.17) is 9.72 Å². The number of para-hydroxylation sites is 2. The second kappa shape index (κ2) is 7.03. The van der Waals surface area contributed by atoms with Crippen LogP contribution < -0.4 is 4.74 Å². The Morgan fingerprint density at radius 3 is 2.23 bits per heavy atom. The lowest BCUT2D eigenvalue weighted by molar-refractivity contribution is 0.483. The van der Waals surface area contributed by atoms with E-state index in [1.165, 1.54) is 16.3 Å². The summed E-state index contributed by atoms with van der Waals surface area (Å²) in [6.45, 7) is 6.68. The molecule has 0 spiro atoms. The fourth-order valence-corrected chi connectivity index (χ4v) is 3.89. The Labute approximate surface area is 176 Å². The summed E-state index contributed by atoms with van der Waals surface area (Å²) in [6, 6.07) is 28.9. The van der Waals surface area contributed by atoms with Gasteiger partial charge in [-0.1, -0.05) is 57.2 Å². The first-order valence-corrected chi connectivity index (χ1v) is 10.2. The summed E-state index contributed by atoms with van der Waals surface area (Å²) < 4.78 is 8.35. The van der Waals surface area contributed by atoms with Gasteiger partial charge in [0.1, 0.15) is 17.3 Å². The van der Waals surface area contributed by atoms with Gasteiger partial charge >= 0.3 is 0 Å². The molecule has 5 rings (SSSR count). The van der Waals surface area contributed by atoms with Crippen LogP contribution in [-0.2, 0) is 5.41 Å². The van der Waals surface area contributed by atoms with E-state index < -0.39 is 0 Å². The van der Waals surface area contributed by atoms with Crippen LogP contribution in [0.5, 0.6) is 11.5 Å². The molecule has 0 radical (unpaired) electrons. The molecule has 0 aliphatic rings. The van der Waals surface area contributed by atoms with Gasteiger partial charge in [-0.15, -0.1) is 0 Å². The van der Waals surface area contributed by atoms with Crippen LogP contribution in [0.25, 0.3) is 27.6 Å². The van der Waals surface area contributed by atoms with Gasteiger partial charge in [-0.25, -0.2) is 4.98 Å². The maximum atomic E-state index is 6.12. The molecule has 3 heteroatoms. The van der Waals surface area contributed by atoms with Crippen LogP contribution >= 0.6 is 0 Å². The van der Waals surface area contributed by atoms with Gasteiger partial charge in [0.05, 0.1) is 11.0 Å². The van der Waals surface area contributed by atoms with Crippen LogP contribution in [0.4, 0.5) is 0 Å². The number of benzene rings is 3. The fourth-order valence-electron chi connectivity index (χ4n) is 3.89. The number of hydrogen-bond donors (Lipinski definition) is 0. The van der Waals surface area contributed by atoms with Gasteiger partial charge in [-0.3, -0.25) is 4.57 Å². The molecule has 0 unspecified atom stereocenters. The Bertz CT molecular complexity index is 1340. The Morgan fingerprint density at radius 2 is 1.43 bits per heavy atom. The first-order chi connectivity index (χ1) is 14.5. The van der Waals surface area contributed by atoms with Crippen molar-refractivity contribution in [2.24, 2.45) is 0 Å². The van der Waals surface area contributed by atoms with Crippen LogP contribution in [0.15, 0.2) is 91.1 Å². The quantitative estimate of drug-likeness (QED) is 0.323. The summed E-state index contributed by atoms with van der Waals surface area (Å²) >= 11 is 0. The van der Waals surface area contributed by atoms with Gasteiger partial charge in [-0.2, -0.15) is 0 Å². The maximum Gasteiger partial charge on any atom is 0.137 e. The highest BCUT2D eigenvalue weighted by molar-refractivity contribution is 6.09. The lowest BCUT2D eigenvalue weighted by Gasteiger charge is -2.20. The molecule has 0 N–H and O–H groups in total. The third-order valence-corrected chi connectivity index (χ3v) is 5.46. The van der Waals surface area contributed by atoms with Crippen molar-refractivity contribution in [3.8, 4) is 17.3 Å². The second-order valence-electron chi connectivity index (χ2n) is 8.60. The smallest absolute Gasteiger partial charge is 0.137 e. The van der Waals surface area contributed by atoms with Crippen molar-refractivity contribution in [2.75, 3.05) is 0 Å². The topological polar surface area (TPSA) is 27.1 Å². The molecule has 0 aliphatic carbocycles. The van der Waals surface area contributed by atoms with E-state index in [1.807, 2.05) is 42.6 Å². The van der Waals surface area contributed by atoms with Crippen molar-refractivity contribution in [3.63, 3.8) is 0 Å². The van der Waals surface area contributed by atoms with Gasteiger partial charge in [-0.05, 0) is 53.4 Å². The SMILES string of the molecule is CC(C)(C)c1ccnc(-n2c3ccccc3c3ccc(Oc4ccccc4)cc32)c1. The Hall–Kier alpha value is -3.59. The molecule has 0 amide bonds. The number of nitrogens with zero attached hydrogens (tertiary/aromatic N) is 2. The molecular weight excluding hydrogens is 368 g/mol. The predicted octanol–water partition coefficient (Wildman–Crippen LogP) is 7.27. The van der Waals surface area contributed by atoms with Gasteiger partial charge in [0.2, 0.25) is 0 Å². The highest BCUT2D eigenvalue weighted by Crippen LogP contribution is 2.35. The summed E-state index contributed by atoms with van der Waals surface area (Å²) in [5.74, 6) is 2.56. The molecule has 2 aromatic heterocycles. The van der Waals surface area contributed by atoms with Crippen molar-refractivity contribution in [2.45, 2.75) is 26.2 Å². The van der Waals surface area contributed by atoms with Crippen LogP contribution in [0.1, 0.15) is 26.3 Å². The first-order valence-electron chi connectivity index (χ1n) is 10.2. The molecular formula is C27H24N2O. The highest BCUT2D eigenvalue weighted by Gasteiger charge is 2.18. The monoisotopic (exact) mass is 392 g/mol. The van der Waals surface area contributed by atoms with E-state index in [2.05, 4.69) is 73.9 Å². The van der Waals surface area contributed by atoms with Crippen molar-refractivity contribution >= 4 is 21.8 Å². The molecule has 0 atom stereocenters. The predicted molar refractivity (Wildman–Crippen MR) is 124 cm³/mol. The standard InChI is InChI=1S/C27H24N2O/c1-27(2,3)19-15-16-28-26(17-19)29-24-12-8-7-11-22(24)23-14-13-21(18-25(23)29)30-20-9-5-4-6-10-20/h4-18H,1-3H3. The highest BCUT2D eigenvalue weighted by atomic mass is 16.5. The number of aromatic nitrogens is 2. The van der Waals surface area contributed by atoms with Crippen LogP contribution in [-0.4, -0.2) is 9.55 Å². The molecule has 5 aromatic rings. The van der Waals surface area contributed by atoms with Gasteiger partial charge in [0.15, 0.2) is 0 Å². The largest absolute Gasteiger partial charge is 0.457 e. The molecule has 3 nitrogen and oxygen atoms in total. The van der Waals surface area contributed by atoms with Crippen molar-refractivity contribution in [1.82, 2.24) is 9.55 Å².